The van der Waals surface area contributed by atoms with Crippen LogP contribution in [0.5, 0.6) is 0 Å². The van der Waals surface area contributed by atoms with Gasteiger partial charge in [-0.15, -0.1) is 0 Å². The maximum atomic E-state index is 10.5. The molecule has 0 unspecified atom stereocenters. The molecule has 0 spiro atoms. The Morgan fingerprint density at radius 3 is 2.07 bits per heavy atom. The van der Waals surface area contributed by atoms with Gasteiger partial charge in [0.15, 0.2) is 0 Å². The number of carboxylic acids is 2. The molecule has 0 fully saturated rings. The van der Waals surface area contributed by atoms with Crippen molar-refractivity contribution >= 4 is 17.6 Å². The number of rotatable bonds is 2. The average molecular weight is 243 g/mol. The minimum Gasteiger partial charge on any atom is -0.545 e. The van der Waals surface area contributed by atoms with Crippen LogP contribution in [0.3, 0.4) is 0 Å². The van der Waals surface area contributed by atoms with E-state index in [2.05, 4.69) is 0 Å². The van der Waals surface area contributed by atoms with Gasteiger partial charge in [0.2, 0.25) is 0 Å². The molecule has 1 rings (SSSR count). The topological polar surface area (TPSA) is 106 Å². The van der Waals surface area contributed by atoms with Gasteiger partial charge < -0.3 is 25.5 Å². The van der Waals surface area contributed by atoms with E-state index in [9.17, 15) is 19.8 Å². The minimum absolute atomic E-state index is 0. The predicted octanol–water partition coefficient (Wildman–Crippen LogP) is -2.01. The molecule has 77 valence electrons. The van der Waals surface area contributed by atoms with Crippen molar-refractivity contribution in [2.75, 3.05) is 5.73 Å². The Bertz CT molecular complexity index is 378. The number of nitrogen functional groups attached to an aromatic ring is 1. The Labute approximate surface area is 90.0 Å². The minimum atomic E-state index is -1.63. The largest absolute Gasteiger partial charge is 2.00 e. The third kappa shape index (κ3) is 2.25. The molecule has 1 aromatic rings. The van der Waals surface area contributed by atoms with Gasteiger partial charge in [-0.25, -0.2) is 0 Å². The van der Waals surface area contributed by atoms with Crippen LogP contribution in [0.15, 0.2) is 18.2 Å². The van der Waals surface area contributed by atoms with Gasteiger partial charge in [-0.2, -0.15) is 0 Å². The summed E-state index contributed by atoms with van der Waals surface area (Å²) in [4.78, 5) is 20.9. The number of anilines is 1. The Hall–Kier alpha value is -1.52. The van der Waals surface area contributed by atoms with Crippen LogP contribution in [0.4, 0.5) is 5.69 Å². The van der Waals surface area contributed by atoms with Crippen molar-refractivity contribution in [2.24, 2.45) is 0 Å². The number of hydrogen-bond donors (Lipinski definition) is 1. The van der Waals surface area contributed by atoms with E-state index in [0.717, 1.165) is 6.07 Å². The maximum Gasteiger partial charge on any atom is 2.00 e. The van der Waals surface area contributed by atoms with Crippen LogP contribution in [-0.4, -0.2) is 11.9 Å². The summed E-state index contributed by atoms with van der Waals surface area (Å²) >= 11 is 0. The van der Waals surface area contributed by atoms with Gasteiger partial charge >= 0.3 is 17.1 Å². The summed E-state index contributed by atoms with van der Waals surface area (Å²) in [5.74, 6) is -3.22. The van der Waals surface area contributed by atoms with Crippen molar-refractivity contribution in [2.45, 2.75) is 0 Å². The molecular formula is C8H5CuNO4. The van der Waals surface area contributed by atoms with Crippen molar-refractivity contribution in [3.63, 3.8) is 0 Å². The SMILES string of the molecule is Nc1cccc(C(=O)[O-])c1C(=O)[O-].[Cu+2]. The second-order valence-corrected chi connectivity index (χ2v) is 2.34. The number of aromatic carboxylic acids is 2. The molecule has 0 saturated carbocycles. The van der Waals surface area contributed by atoms with E-state index in [1.54, 1.807) is 0 Å². The molecule has 1 radical (unpaired) electrons. The summed E-state index contributed by atoms with van der Waals surface area (Å²) < 4.78 is 0. The molecular weight excluding hydrogens is 238 g/mol. The van der Waals surface area contributed by atoms with Crippen LogP contribution in [0.1, 0.15) is 20.7 Å². The molecule has 14 heavy (non-hydrogen) atoms. The van der Waals surface area contributed by atoms with Gasteiger partial charge in [-0.05, 0) is 6.07 Å². The van der Waals surface area contributed by atoms with Gasteiger partial charge in [-0.3, -0.25) is 0 Å². The van der Waals surface area contributed by atoms with E-state index >= 15 is 0 Å². The molecule has 0 atom stereocenters. The monoisotopic (exact) mass is 242 g/mol. The summed E-state index contributed by atoms with van der Waals surface area (Å²) in [6.07, 6.45) is 0. The van der Waals surface area contributed by atoms with Crippen molar-refractivity contribution in [3.8, 4) is 0 Å². The first kappa shape index (κ1) is 12.5. The number of carbonyl (C=O) groups excluding carboxylic acids is 2. The molecule has 0 aliphatic rings. The van der Waals surface area contributed by atoms with Crippen LogP contribution in [0, 0.1) is 0 Å². The number of carbonyl (C=O) groups is 2. The first-order chi connectivity index (χ1) is 6.04. The van der Waals surface area contributed by atoms with E-state index in [1.807, 2.05) is 0 Å². The molecule has 6 heteroatoms. The fraction of sp³-hybridized carbons (Fsp3) is 0. The van der Waals surface area contributed by atoms with Crippen LogP contribution in [0.2, 0.25) is 0 Å². The van der Waals surface area contributed by atoms with Gasteiger partial charge in [0.25, 0.3) is 0 Å². The quantitative estimate of drug-likeness (QED) is 0.477. The van der Waals surface area contributed by atoms with Crippen LogP contribution in [0.25, 0.3) is 0 Å². The van der Waals surface area contributed by atoms with Crippen LogP contribution >= 0.6 is 0 Å². The molecule has 0 aliphatic heterocycles. The molecule has 1 aromatic carbocycles. The number of carboxylic acid groups (broad SMARTS) is 2. The van der Waals surface area contributed by atoms with Gasteiger partial charge in [0, 0.05) is 16.8 Å². The smallest absolute Gasteiger partial charge is 0.545 e. The molecule has 2 N–H and O–H groups in total. The predicted molar refractivity (Wildman–Crippen MR) is 39.5 cm³/mol. The molecule has 0 bridgehead atoms. The molecule has 0 saturated heterocycles. The molecule has 0 aromatic heterocycles. The van der Waals surface area contributed by atoms with Gasteiger partial charge in [0.05, 0.1) is 11.9 Å². The molecule has 0 aliphatic carbocycles. The van der Waals surface area contributed by atoms with Crippen molar-refractivity contribution in [1.29, 1.82) is 0 Å². The Morgan fingerprint density at radius 2 is 1.71 bits per heavy atom. The zero-order valence-electron chi connectivity index (χ0n) is 6.74. The average Bonchev–Trinajstić information content (AvgIpc) is 2.02. The third-order valence-electron chi connectivity index (χ3n) is 1.52. The standard InChI is InChI=1S/C8H7NO4.Cu/c9-5-3-1-2-4(7(10)11)6(5)8(12)13;/h1-3H,9H2,(H,10,11)(H,12,13);/q;+2/p-2. The van der Waals surface area contributed by atoms with E-state index in [1.165, 1.54) is 12.1 Å². The zero-order valence-corrected chi connectivity index (χ0v) is 7.69. The fourth-order valence-electron chi connectivity index (χ4n) is 0.968. The maximum absolute atomic E-state index is 10.5. The second-order valence-electron chi connectivity index (χ2n) is 2.34. The third-order valence-corrected chi connectivity index (χ3v) is 1.52. The number of nitrogens with two attached hydrogens (primary N) is 1. The summed E-state index contributed by atoms with van der Waals surface area (Å²) in [6.45, 7) is 0. The Kier molecular flexibility index (Phi) is 4.14. The van der Waals surface area contributed by atoms with E-state index < -0.39 is 23.1 Å². The van der Waals surface area contributed by atoms with Gasteiger partial charge in [0.1, 0.15) is 0 Å². The normalized spacial score (nSPS) is 8.86. The van der Waals surface area contributed by atoms with E-state index in [4.69, 9.17) is 5.73 Å². The van der Waals surface area contributed by atoms with Gasteiger partial charge in [-0.1, -0.05) is 12.1 Å². The van der Waals surface area contributed by atoms with E-state index in [-0.39, 0.29) is 22.8 Å². The second kappa shape index (κ2) is 4.64. The number of hydrogen-bond acceptors (Lipinski definition) is 5. The summed E-state index contributed by atoms with van der Waals surface area (Å²) in [5.41, 5.74) is 4.09. The molecule has 0 heterocycles. The summed E-state index contributed by atoms with van der Waals surface area (Å²) in [5, 5.41) is 20.9. The first-order valence-electron chi connectivity index (χ1n) is 3.35. The van der Waals surface area contributed by atoms with Crippen LogP contribution < -0.4 is 15.9 Å². The van der Waals surface area contributed by atoms with Crippen molar-refractivity contribution < 1.29 is 36.9 Å². The summed E-state index contributed by atoms with van der Waals surface area (Å²) in [7, 11) is 0. The van der Waals surface area contributed by atoms with Crippen molar-refractivity contribution in [3.05, 3.63) is 29.3 Å². The zero-order chi connectivity index (χ0) is 10.0. The van der Waals surface area contributed by atoms with E-state index in [0.29, 0.717) is 0 Å². The van der Waals surface area contributed by atoms with Crippen LogP contribution in [-0.2, 0) is 17.1 Å². The molecule has 0 amide bonds. The first-order valence-corrected chi connectivity index (χ1v) is 3.35. The number of benzene rings is 1. The summed E-state index contributed by atoms with van der Waals surface area (Å²) in [6, 6.07) is 3.70. The van der Waals surface area contributed by atoms with Crippen molar-refractivity contribution in [1.82, 2.24) is 0 Å². The Balaban J connectivity index is 0.00000169. The Morgan fingerprint density at radius 1 is 1.14 bits per heavy atom. The fourth-order valence-corrected chi connectivity index (χ4v) is 0.968. The molecule has 5 nitrogen and oxygen atoms in total.